The first-order valence-corrected chi connectivity index (χ1v) is 7.15. The van der Waals surface area contributed by atoms with Crippen molar-refractivity contribution >= 4 is 34.2 Å². The third kappa shape index (κ3) is 4.96. The van der Waals surface area contributed by atoms with Crippen molar-refractivity contribution in [3.8, 4) is 5.75 Å². The second-order valence-electron chi connectivity index (χ2n) is 4.60. The van der Waals surface area contributed by atoms with Crippen molar-refractivity contribution in [2.75, 3.05) is 13.7 Å². The third-order valence-corrected chi connectivity index (χ3v) is 3.91. The molecule has 4 nitrogen and oxygen atoms in total. The summed E-state index contributed by atoms with van der Waals surface area (Å²) in [5.41, 5.74) is 6.33. The first-order valence-electron chi connectivity index (χ1n) is 6.36. The van der Waals surface area contributed by atoms with E-state index in [1.54, 1.807) is 19.2 Å². The van der Waals surface area contributed by atoms with Crippen LogP contribution >= 0.6 is 28.3 Å². The molecule has 6 heteroatoms. The van der Waals surface area contributed by atoms with Gasteiger partial charge in [0.05, 0.1) is 12.7 Å². The number of ether oxygens (including phenoxy) is 1. The molecule has 0 spiro atoms. The van der Waals surface area contributed by atoms with Crippen LogP contribution in [0.15, 0.2) is 22.7 Å². The van der Waals surface area contributed by atoms with Crippen LogP contribution in [0.1, 0.15) is 37.0 Å². The average Bonchev–Trinajstić information content (AvgIpc) is 2.44. The Morgan fingerprint density at radius 1 is 1.40 bits per heavy atom. The van der Waals surface area contributed by atoms with Crippen molar-refractivity contribution < 1.29 is 9.53 Å². The normalized spacial score (nSPS) is 10.7. The summed E-state index contributed by atoms with van der Waals surface area (Å²) >= 11 is 3.35. The van der Waals surface area contributed by atoms with Crippen molar-refractivity contribution in [2.24, 2.45) is 5.73 Å². The summed E-state index contributed by atoms with van der Waals surface area (Å²) < 4.78 is 6.08. The second kappa shape index (κ2) is 8.49. The highest BCUT2D eigenvalue weighted by atomic mass is 79.9. The predicted octanol–water partition coefficient (Wildman–Crippen LogP) is 3.13. The molecule has 0 aliphatic carbocycles. The molecule has 1 rings (SSSR count). The number of benzene rings is 1. The maximum Gasteiger partial charge on any atom is 0.255 e. The Morgan fingerprint density at radius 3 is 2.50 bits per heavy atom. The van der Waals surface area contributed by atoms with Crippen LogP contribution in [0.3, 0.4) is 0 Å². The molecular weight excluding hydrogens is 344 g/mol. The van der Waals surface area contributed by atoms with Crippen LogP contribution in [0.2, 0.25) is 0 Å². The summed E-state index contributed by atoms with van der Waals surface area (Å²) in [6.45, 7) is 4.50. The molecule has 0 unspecified atom stereocenters. The van der Waals surface area contributed by atoms with Crippen molar-refractivity contribution in [3.05, 3.63) is 28.2 Å². The van der Waals surface area contributed by atoms with Gasteiger partial charge >= 0.3 is 0 Å². The minimum absolute atomic E-state index is 0. The van der Waals surface area contributed by atoms with E-state index < -0.39 is 0 Å². The van der Waals surface area contributed by atoms with Crippen molar-refractivity contribution in [2.45, 2.75) is 32.2 Å². The zero-order valence-electron chi connectivity index (χ0n) is 12.0. The number of hydrogen-bond acceptors (Lipinski definition) is 3. The molecule has 0 atom stereocenters. The van der Waals surface area contributed by atoms with E-state index in [-0.39, 0.29) is 23.9 Å². The van der Waals surface area contributed by atoms with Gasteiger partial charge in [0.2, 0.25) is 0 Å². The maximum atomic E-state index is 12.2. The maximum absolute atomic E-state index is 12.2. The fraction of sp³-hybridized carbons (Fsp3) is 0.500. The standard InChI is InChI=1S/C14H21BrN2O2.ClH/c1-4-14(16,5-2)9-17-13(18)11-7-6-10(15)8-12(11)19-3;/h6-8H,4-5,9,16H2,1-3H3,(H,17,18);1H. The van der Waals surface area contributed by atoms with Gasteiger partial charge in [-0.3, -0.25) is 4.79 Å². The molecule has 0 saturated heterocycles. The number of carbonyl (C=O) groups excluding carboxylic acids is 1. The smallest absolute Gasteiger partial charge is 0.255 e. The van der Waals surface area contributed by atoms with Gasteiger partial charge in [-0.15, -0.1) is 12.4 Å². The average molecular weight is 366 g/mol. The van der Waals surface area contributed by atoms with E-state index in [0.29, 0.717) is 17.9 Å². The summed E-state index contributed by atoms with van der Waals surface area (Å²) in [6, 6.07) is 5.31. The fourth-order valence-electron chi connectivity index (χ4n) is 1.70. The molecule has 0 radical (unpaired) electrons. The van der Waals surface area contributed by atoms with Gasteiger partial charge in [-0.25, -0.2) is 0 Å². The Kier molecular flexibility index (Phi) is 8.16. The number of amides is 1. The Balaban J connectivity index is 0.00000361. The number of nitrogens with one attached hydrogen (secondary N) is 1. The largest absolute Gasteiger partial charge is 0.496 e. The van der Waals surface area contributed by atoms with Gasteiger partial charge in [-0.1, -0.05) is 29.8 Å². The van der Waals surface area contributed by atoms with Gasteiger partial charge in [-0.05, 0) is 31.0 Å². The lowest BCUT2D eigenvalue weighted by Gasteiger charge is -2.26. The highest BCUT2D eigenvalue weighted by molar-refractivity contribution is 9.10. The highest BCUT2D eigenvalue weighted by Gasteiger charge is 2.22. The van der Waals surface area contributed by atoms with Gasteiger partial charge < -0.3 is 15.8 Å². The number of halogens is 2. The molecule has 0 fully saturated rings. The van der Waals surface area contributed by atoms with Gasteiger partial charge in [0.25, 0.3) is 5.91 Å². The summed E-state index contributed by atoms with van der Waals surface area (Å²) in [4.78, 5) is 12.2. The van der Waals surface area contributed by atoms with E-state index in [9.17, 15) is 4.79 Å². The molecular formula is C14H22BrClN2O2. The predicted molar refractivity (Wildman–Crippen MR) is 87.8 cm³/mol. The Labute approximate surface area is 135 Å². The first-order chi connectivity index (χ1) is 8.95. The SMILES string of the molecule is CCC(N)(CC)CNC(=O)c1ccc(Br)cc1OC.Cl. The van der Waals surface area contributed by atoms with Gasteiger partial charge in [0.1, 0.15) is 5.75 Å². The number of carbonyl (C=O) groups is 1. The Hall–Kier alpha value is -0.780. The molecule has 0 aliphatic rings. The number of nitrogens with two attached hydrogens (primary N) is 1. The van der Waals surface area contributed by atoms with Crippen LogP contribution in [0, 0.1) is 0 Å². The molecule has 3 N–H and O–H groups in total. The lowest BCUT2D eigenvalue weighted by atomic mass is 9.94. The van der Waals surface area contributed by atoms with Crippen LogP contribution in [0.4, 0.5) is 0 Å². The molecule has 0 aromatic heterocycles. The molecule has 0 aliphatic heterocycles. The molecule has 0 bridgehead atoms. The Bertz CT molecular complexity index is 451. The van der Waals surface area contributed by atoms with Crippen LogP contribution in [-0.4, -0.2) is 25.1 Å². The van der Waals surface area contributed by atoms with Gasteiger partial charge in [0, 0.05) is 16.6 Å². The number of methoxy groups -OCH3 is 1. The minimum atomic E-state index is -0.349. The van der Waals surface area contributed by atoms with Crippen LogP contribution in [0.5, 0.6) is 5.75 Å². The second-order valence-corrected chi connectivity index (χ2v) is 5.51. The molecule has 0 saturated carbocycles. The fourth-order valence-corrected chi connectivity index (χ4v) is 2.04. The Morgan fingerprint density at radius 2 is 2.00 bits per heavy atom. The minimum Gasteiger partial charge on any atom is -0.496 e. The summed E-state index contributed by atoms with van der Waals surface area (Å²) in [5.74, 6) is 0.378. The van der Waals surface area contributed by atoms with E-state index in [2.05, 4.69) is 21.2 Å². The molecule has 20 heavy (non-hydrogen) atoms. The van der Waals surface area contributed by atoms with Gasteiger partial charge in [-0.2, -0.15) is 0 Å². The highest BCUT2D eigenvalue weighted by Crippen LogP contribution is 2.23. The van der Waals surface area contributed by atoms with Crippen molar-refractivity contribution in [1.82, 2.24) is 5.32 Å². The molecule has 114 valence electrons. The van der Waals surface area contributed by atoms with Crippen LogP contribution < -0.4 is 15.8 Å². The summed E-state index contributed by atoms with van der Waals surface area (Å²) in [6.07, 6.45) is 1.64. The zero-order valence-corrected chi connectivity index (χ0v) is 14.4. The monoisotopic (exact) mass is 364 g/mol. The van der Waals surface area contributed by atoms with E-state index in [0.717, 1.165) is 17.3 Å². The molecule has 1 aromatic carbocycles. The van der Waals surface area contributed by atoms with Gasteiger partial charge in [0.15, 0.2) is 0 Å². The molecule has 0 heterocycles. The lowest BCUT2D eigenvalue weighted by molar-refractivity contribution is 0.0939. The molecule has 1 aromatic rings. The van der Waals surface area contributed by atoms with E-state index in [4.69, 9.17) is 10.5 Å². The first kappa shape index (κ1) is 19.2. The van der Waals surface area contributed by atoms with Crippen molar-refractivity contribution in [1.29, 1.82) is 0 Å². The molecule has 1 amide bonds. The number of rotatable bonds is 6. The number of hydrogen-bond donors (Lipinski definition) is 2. The van der Waals surface area contributed by atoms with Crippen LogP contribution in [-0.2, 0) is 0 Å². The van der Waals surface area contributed by atoms with Crippen molar-refractivity contribution in [3.63, 3.8) is 0 Å². The third-order valence-electron chi connectivity index (χ3n) is 3.42. The zero-order chi connectivity index (χ0) is 14.5. The summed E-state index contributed by atoms with van der Waals surface area (Å²) in [7, 11) is 1.55. The topological polar surface area (TPSA) is 64.3 Å². The van der Waals surface area contributed by atoms with Crippen LogP contribution in [0.25, 0.3) is 0 Å². The van der Waals surface area contributed by atoms with E-state index in [1.165, 1.54) is 0 Å². The summed E-state index contributed by atoms with van der Waals surface area (Å²) in [5, 5.41) is 2.88. The quantitative estimate of drug-likeness (QED) is 0.814. The lowest BCUT2D eigenvalue weighted by Crippen LogP contribution is -2.49. The van der Waals surface area contributed by atoms with E-state index >= 15 is 0 Å². The van der Waals surface area contributed by atoms with E-state index in [1.807, 2.05) is 19.9 Å².